The zero-order chi connectivity index (χ0) is 16.2. The Morgan fingerprint density at radius 3 is 2.79 bits per heavy atom. The third-order valence-electron chi connectivity index (χ3n) is 4.06. The molecule has 0 radical (unpaired) electrons. The van der Waals surface area contributed by atoms with Crippen LogP contribution in [0.1, 0.15) is 17.2 Å². The molecule has 0 aromatic carbocycles. The van der Waals surface area contributed by atoms with E-state index in [0.717, 1.165) is 30.8 Å². The summed E-state index contributed by atoms with van der Waals surface area (Å²) in [5, 5.41) is 0. The molecule has 0 unspecified atom stereocenters. The van der Waals surface area contributed by atoms with E-state index >= 15 is 0 Å². The Balaban J connectivity index is 1.41. The number of furan rings is 1. The molecule has 1 fully saturated rings. The molecule has 1 aliphatic heterocycles. The number of ether oxygens (including phenoxy) is 1. The smallest absolute Gasteiger partial charge is 0.195 e. The van der Waals surface area contributed by atoms with Crippen molar-refractivity contribution in [2.75, 3.05) is 19.7 Å². The zero-order valence-electron chi connectivity index (χ0n) is 13.2. The van der Waals surface area contributed by atoms with Crippen LogP contribution in [-0.2, 0) is 11.3 Å². The number of nitrogens with zero attached hydrogens (tertiary/aromatic N) is 4. The first-order chi connectivity index (χ1) is 11.9. The molecule has 1 saturated heterocycles. The van der Waals surface area contributed by atoms with Gasteiger partial charge in [0.15, 0.2) is 11.6 Å². The van der Waals surface area contributed by atoms with Crippen LogP contribution in [0.25, 0.3) is 11.6 Å². The topological polar surface area (TPSA) is 64.3 Å². The number of morpholine rings is 1. The lowest BCUT2D eigenvalue weighted by atomic mass is 10.1. The van der Waals surface area contributed by atoms with Crippen LogP contribution in [0.4, 0.5) is 0 Å². The summed E-state index contributed by atoms with van der Waals surface area (Å²) in [7, 11) is 0. The molecule has 0 spiro atoms. The Morgan fingerprint density at radius 1 is 1.12 bits per heavy atom. The molecule has 6 nitrogen and oxygen atoms in total. The summed E-state index contributed by atoms with van der Waals surface area (Å²) < 4.78 is 11.2. The molecule has 3 aromatic heterocycles. The lowest BCUT2D eigenvalue weighted by Crippen LogP contribution is -2.37. The summed E-state index contributed by atoms with van der Waals surface area (Å²) in [6, 6.07) is 7.69. The van der Waals surface area contributed by atoms with Crippen molar-refractivity contribution >= 4 is 0 Å². The van der Waals surface area contributed by atoms with Gasteiger partial charge in [0.05, 0.1) is 19.0 Å². The predicted molar refractivity (Wildman–Crippen MR) is 87.9 cm³/mol. The highest BCUT2D eigenvalue weighted by Crippen LogP contribution is 2.22. The molecule has 122 valence electrons. The van der Waals surface area contributed by atoms with Crippen LogP contribution in [-0.4, -0.2) is 39.5 Å². The van der Waals surface area contributed by atoms with Crippen LogP contribution >= 0.6 is 0 Å². The number of hydrogen-bond donors (Lipinski definition) is 0. The Morgan fingerprint density at radius 2 is 2.04 bits per heavy atom. The van der Waals surface area contributed by atoms with Crippen molar-refractivity contribution in [3.8, 4) is 11.6 Å². The molecule has 0 saturated carbocycles. The van der Waals surface area contributed by atoms with Gasteiger partial charge in [-0.05, 0) is 18.2 Å². The van der Waals surface area contributed by atoms with Gasteiger partial charge in [0.25, 0.3) is 0 Å². The molecule has 0 aliphatic carbocycles. The number of rotatable bonds is 4. The number of aromatic nitrogens is 3. The molecular formula is C18H18N4O2. The van der Waals surface area contributed by atoms with Crippen LogP contribution < -0.4 is 0 Å². The molecule has 4 heterocycles. The fourth-order valence-corrected chi connectivity index (χ4v) is 2.84. The molecule has 0 amide bonds. The van der Waals surface area contributed by atoms with Crippen LogP contribution in [0.15, 0.2) is 59.7 Å². The van der Waals surface area contributed by atoms with Crippen molar-refractivity contribution in [1.29, 1.82) is 0 Å². The molecule has 1 aliphatic rings. The molecule has 3 aromatic rings. The van der Waals surface area contributed by atoms with Gasteiger partial charge in [0.2, 0.25) is 0 Å². The highest BCUT2D eigenvalue weighted by Gasteiger charge is 2.22. The summed E-state index contributed by atoms with van der Waals surface area (Å²) in [5.41, 5.74) is 2.20. The summed E-state index contributed by atoms with van der Waals surface area (Å²) in [4.78, 5) is 15.3. The minimum Gasteiger partial charge on any atom is -0.461 e. The third-order valence-corrected chi connectivity index (χ3v) is 4.06. The molecule has 4 rings (SSSR count). The van der Waals surface area contributed by atoms with Crippen molar-refractivity contribution in [2.45, 2.75) is 12.6 Å². The highest BCUT2D eigenvalue weighted by molar-refractivity contribution is 5.45. The van der Waals surface area contributed by atoms with Gasteiger partial charge < -0.3 is 9.15 Å². The maximum absolute atomic E-state index is 5.87. The van der Waals surface area contributed by atoms with E-state index in [9.17, 15) is 0 Å². The summed E-state index contributed by atoms with van der Waals surface area (Å²) >= 11 is 0. The van der Waals surface area contributed by atoms with Crippen LogP contribution in [0, 0.1) is 0 Å². The van der Waals surface area contributed by atoms with Gasteiger partial charge >= 0.3 is 0 Å². The fraction of sp³-hybridized carbons (Fsp3) is 0.278. The van der Waals surface area contributed by atoms with E-state index in [0.29, 0.717) is 18.2 Å². The minimum atomic E-state index is 0.0655. The van der Waals surface area contributed by atoms with E-state index in [-0.39, 0.29) is 6.10 Å². The van der Waals surface area contributed by atoms with Crippen molar-refractivity contribution < 1.29 is 9.15 Å². The van der Waals surface area contributed by atoms with Crippen molar-refractivity contribution in [1.82, 2.24) is 19.9 Å². The lowest BCUT2D eigenvalue weighted by Gasteiger charge is -2.32. The molecule has 1 atom stereocenters. The van der Waals surface area contributed by atoms with Crippen LogP contribution in [0.3, 0.4) is 0 Å². The second-order valence-corrected chi connectivity index (χ2v) is 5.77. The van der Waals surface area contributed by atoms with Gasteiger partial charge in [-0.3, -0.25) is 9.88 Å². The van der Waals surface area contributed by atoms with Gasteiger partial charge in [-0.1, -0.05) is 6.07 Å². The first-order valence-corrected chi connectivity index (χ1v) is 7.97. The van der Waals surface area contributed by atoms with Gasteiger partial charge in [-0.25, -0.2) is 9.97 Å². The molecule has 6 heteroatoms. The van der Waals surface area contributed by atoms with Crippen molar-refractivity contribution in [3.63, 3.8) is 0 Å². The highest BCUT2D eigenvalue weighted by atomic mass is 16.5. The van der Waals surface area contributed by atoms with Gasteiger partial charge in [-0.2, -0.15) is 0 Å². The molecule has 0 N–H and O–H groups in total. The van der Waals surface area contributed by atoms with Crippen LogP contribution in [0.5, 0.6) is 0 Å². The van der Waals surface area contributed by atoms with Gasteiger partial charge in [-0.15, -0.1) is 0 Å². The third kappa shape index (κ3) is 3.34. The maximum Gasteiger partial charge on any atom is 0.195 e. The first kappa shape index (κ1) is 15.0. The molecule has 0 bridgehead atoms. The monoisotopic (exact) mass is 322 g/mol. The van der Waals surface area contributed by atoms with Gasteiger partial charge in [0, 0.05) is 55.5 Å². The van der Waals surface area contributed by atoms with Crippen molar-refractivity contribution in [3.05, 3.63) is 66.4 Å². The Hall–Kier alpha value is -2.57. The SMILES string of the molecule is c1cncc([C@@H]2CN(Cc3cnc(-c4ccco4)nc3)CCO2)c1. The average Bonchev–Trinajstić information content (AvgIpc) is 3.18. The second-order valence-electron chi connectivity index (χ2n) is 5.77. The number of hydrogen-bond acceptors (Lipinski definition) is 6. The summed E-state index contributed by atoms with van der Waals surface area (Å²) in [5.74, 6) is 1.29. The summed E-state index contributed by atoms with van der Waals surface area (Å²) in [6.45, 7) is 3.26. The van der Waals surface area contributed by atoms with Gasteiger partial charge in [0.1, 0.15) is 0 Å². The lowest BCUT2D eigenvalue weighted by molar-refractivity contribution is -0.0331. The predicted octanol–water partition coefficient (Wildman–Crippen LogP) is 2.71. The summed E-state index contributed by atoms with van der Waals surface area (Å²) in [6.07, 6.45) is 9.06. The Labute approximate surface area is 140 Å². The van der Waals surface area contributed by atoms with Crippen molar-refractivity contribution in [2.24, 2.45) is 0 Å². The maximum atomic E-state index is 5.87. The van der Waals surface area contributed by atoms with E-state index in [1.807, 2.05) is 36.8 Å². The normalized spacial score (nSPS) is 18.6. The molecular weight excluding hydrogens is 304 g/mol. The largest absolute Gasteiger partial charge is 0.461 e. The Bertz CT molecular complexity index is 759. The van der Waals surface area contributed by atoms with E-state index in [1.165, 1.54) is 0 Å². The average molecular weight is 322 g/mol. The van der Waals surface area contributed by atoms with Crippen LogP contribution in [0.2, 0.25) is 0 Å². The second kappa shape index (κ2) is 6.90. The fourth-order valence-electron chi connectivity index (χ4n) is 2.84. The van der Waals surface area contributed by atoms with E-state index < -0.39 is 0 Å². The minimum absolute atomic E-state index is 0.0655. The quantitative estimate of drug-likeness (QED) is 0.736. The first-order valence-electron chi connectivity index (χ1n) is 7.97. The Kier molecular flexibility index (Phi) is 4.31. The number of pyridine rings is 1. The standard InChI is InChI=1S/C18H18N4O2/c1-3-15(11-19-5-1)17-13-22(6-8-24-17)12-14-9-20-18(21-10-14)16-4-2-7-23-16/h1-5,7,9-11,17H,6,8,12-13H2/t17-/m0/s1. The zero-order valence-corrected chi connectivity index (χ0v) is 13.2. The van der Waals surface area contributed by atoms with E-state index in [2.05, 4.69) is 25.9 Å². The van der Waals surface area contributed by atoms with E-state index in [1.54, 1.807) is 12.5 Å². The molecule has 24 heavy (non-hydrogen) atoms. The van der Waals surface area contributed by atoms with E-state index in [4.69, 9.17) is 9.15 Å².